The maximum atomic E-state index is 14.1. The average Bonchev–Trinajstić information content (AvgIpc) is 3.00. The Hall–Kier alpha value is -4.47. The predicted molar refractivity (Wildman–Crippen MR) is 171 cm³/mol. The molecule has 0 spiro atoms. The fourth-order valence-electron chi connectivity index (χ4n) is 5.74. The molecular weight excluding hydrogens is 575 g/mol. The van der Waals surface area contributed by atoms with Crippen molar-refractivity contribution in [2.75, 3.05) is 20.1 Å². The van der Waals surface area contributed by atoms with Crippen molar-refractivity contribution in [2.45, 2.75) is 77.1 Å². The van der Waals surface area contributed by atoms with Crippen LogP contribution in [0.4, 0.5) is 9.18 Å². The van der Waals surface area contributed by atoms with Gasteiger partial charge in [-0.1, -0.05) is 67.9 Å². The third-order valence-corrected chi connectivity index (χ3v) is 7.88. The number of fused-ring (bicyclic) bond motifs is 1. The zero-order valence-corrected chi connectivity index (χ0v) is 26.6. The molecule has 0 radical (unpaired) electrons. The van der Waals surface area contributed by atoms with Crippen LogP contribution in [0.2, 0.25) is 0 Å². The smallest absolute Gasteiger partial charge is 0.408 e. The van der Waals surface area contributed by atoms with Crippen molar-refractivity contribution in [3.05, 3.63) is 83.7 Å². The van der Waals surface area contributed by atoms with Crippen molar-refractivity contribution < 1.29 is 28.3 Å². The zero-order valence-electron chi connectivity index (χ0n) is 26.6. The SMILES string of the molecule is CCC[C@H]1C(=O)N([C@@H](Cc2ccc3ccccc3c2)C(=O)NC)CCN1C(=O)[C@@H](Cc1ccc(F)cc1)NC(=O)OC(C)(C)C. The number of piperazine rings is 1. The van der Waals surface area contributed by atoms with Gasteiger partial charge in [-0.3, -0.25) is 14.4 Å². The molecule has 1 fully saturated rings. The van der Waals surface area contributed by atoms with Gasteiger partial charge in [-0.25, -0.2) is 9.18 Å². The van der Waals surface area contributed by atoms with Gasteiger partial charge >= 0.3 is 6.09 Å². The summed E-state index contributed by atoms with van der Waals surface area (Å²) < 4.78 is 19.0. The van der Waals surface area contributed by atoms with Gasteiger partial charge in [0.05, 0.1) is 0 Å². The summed E-state index contributed by atoms with van der Waals surface area (Å²) in [7, 11) is 1.55. The van der Waals surface area contributed by atoms with E-state index in [2.05, 4.69) is 10.6 Å². The van der Waals surface area contributed by atoms with E-state index in [0.717, 1.165) is 16.3 Å². The minimum Gasteiger partial charge on any atom is -0.444 e. The fraction of sp³-hybridized carbons (Fsp3) is 0.429. The van der Waals surface area contributed by atoms with Crippen molar-refractivity contribution in [1.29, 1.82) is 0 Å². The van der Waals surface area contributed by atoms with Crippen LogP contribution >= 0.6 is 0 Å². The molecule has 0 aliphatic carbocycles. The molecule has 0 aromatic heterocycles. The Morgan fingerprint density at radius 3 is 2.27 bits per heavy atom. The Bertz CT molecular complexity index is 1520. The summed E-state index contributed by atoms with van der Waals surface area (Å²) in [6.45, 7) is 7.41. The first kappa shape index (κ1) is 33.4. The first-order chi connectivity index (χ1) is 21.4. The molecule has 0 bridgehead atoms. The van der Waals surface area contributed by atoms with Crippen LogP contribution < -0.4 is 10.6 Å². The second kappa shape index (κ2) is 14.5. The third-order valence-electron chi connectivity index (χ3n) is 7.88. The number of carbonyl (C=O) groups excluding carboxylic acids is 4. The zero-order chi connectivity index (χ0) is 32.7. The number of alkyl carbamates (subject to hydrolysis) is 1. The van der Waals surface area contributed by atoms with E-state index in [-0.39, 0.29) is 31.3 Å². The predicted octanol–water partition coefficient (Wildman–Crippen LogP) is 4.61. The van der Waals surface area contributed by atoms with Crippen molar-refractivity contribution >= 4 is 34.6 Å². The molecule has 240 valence electrons. The van der Waals surface area contributed by atoms with Gasteiger partial charge in [0.2, 0.25) is 17.7 Å². The lowest BCUT2D eigenvalue weighted by atomic mass is 9.96. The average molecular weight is 619 g/mol. The molecule has 10 heteroatoms. The van der Waals surface area contributed by atoms with Crippen LogP contribution in [0, 0.1) is 5.82 Å². The Morgan fingerprint density at radius 2 is 1.62 bits per heavy atom. The second-order valence-electron chi connectivity index (χ2n) is 12.4. The number of rotatable bonds is 10. The number of nitrogens with one attached hydrogen (secondary N) is 2. The van der Waals surface area contributed by atoms with E-state index in [0.29, 0.717) is 24.8 Å². The molecule has 3 atom stereocenters. The highest BCUT2D eigenvalue weighted by atomic mass is 19.1. The van der Waals surface area contributed by atoms with E-state index in [1.54, 1.807) is 44.9 Å². The molecule has 4 amide bonds. The highest BCUT2D eigenvalue weighted by Crippen LogP contribution is 2.24. The van der Waals surface area contributed by atoms with Crippen LogP contribution in [0.3, 0.4) is 0 Å². The summed E-state index contributed by atoms with van der Waals surface area (Å²) >= 11 is 0. The highest BCUT2D eigenvalue weighted by molar-refractivity contribution is 5.95. The fourth-order valence-corrected chi connectivity index (χ4v) is 5.74. The van der Waals surface area contributed by atoms with Gasteiger partial charge in [0, 0.05) is 33.0 Å². The van der Waals surface area contributed by atoms with Crippen LogP contribution in [0.25, 0.3) is 10.8 Å². The van der Waals surface area contributed by atoms with E-state index >= 15 is 0 Å². The molecule has 1 aliphatic rings. The molecule has 45 heavy (non-hydrogen) atoms. The van der Waals surface area contributed by atoms with Gasteiger partial charge in [0.15, 0.2) is 0 Å². The number of likely N-dealkylation sites (N-methyl/N-ethyl adjacent to an activating group) is 1. The largest absolute Gasteiger partial charge is 0.444 e. The number of nitrogens with zero attached hydrogens (tertiary/aromatic N) is 2. The highest BCUT2D eigenvalue weighted by Gasteiger charge is 2.43. The molecule has 2 N–H and O–H groups in total. The molecule has 0 unspecified atom stereocenters. The summed E-state index contributed by atoms with van der Waals surface area (Å²) in [5.41, 5.74) is 0.763. The van der Waals surface area contributed by atoms with Crippen molar-refractivity contribution in [3.63, 3.8) is 0 Å². The number of hydrogen-bond donors (Lipinski definition) is 2. The lowest BCUT2D eigenvalue weighted by Crippen LogP contribution is -2.65. The quantitative estimate of drug-likeness (QED) is 0.345. The number of amides is 4. The van der Waals surface area contributed by atoms with Crippen molar-refractivity contribution in [3.8, 4) is 0 Å². The molecule has 1 heterocycles. The van der Waals surface area contributed by atoms with Gasteiger partial charge in [0.25, 0.3) is 0 Å². The monoisotopic (exact) mass is 618 g/mol. The molecule has 3 aromatic rings. The number of hydrogen-bond acceptors (Lipinski definition) is 5. The van der Waals surface area contributed by atoms with Crippen LogP contribution in [0.15, 0.2) is 66.7 Å². The van der Waals surface area contributed by atoms with Gasteiger partial charge in [-0.15, -0.1) is 0 Å². The minimum absolute atomic E-state index is 0.0778. The van der Waals surface area contributed by atoms with Crippen molar-refractivity contribution in [1.82, 2.24) is 20.4 Å². The maximum Gasteiger partial charge on any atom is 0.408 e. The molecule has 9 nitrogen and oxygen atoms in total. The van der Waals surface area contributed by atoms with Crippen molar-refractivity contribution in [2.24, 2.45) is 0 Å². The van der Waals surface area contributed by atoms with Crippen LogP contribution in [-0.2, 0) is 32.0 Å². The van der Waals surface area contributed by atoms with E-state index in [1.165, 1.54) is 17.0 Å². The van der Waals surface area contributed by atoms with Crippen LogP contribution in [0.5, 0.6) is 0 Å². The first-order valence-electron chi connectivity index (χ1n) is 15.4. The lowest BCUT2D eigenvalue weighted by molar-refractivity contribution is -0.157. The Kier molecular flexibility index (Phi) is 10.8. The van der Waals surface area contributed by atoms with E-state index in [4.69, 9.17) is 4.74 Å². The van der Waals surface area contributed by atoms with Gasteiger partial charge in [-0.2, -0.15) is 0 Å². The molecule has 0 saturated carbocycles. The first-order valence-corrected chi connectivity index (χ1v) is 15.4. The van der Waals surface area contributed by atoms with Crippen LogP contribution in [0.1, 0.15) is 51.7 Å². The normalized spacial score (nSPS) is 16.7. The van der Waals surface area contributed by atoms with E-state index < -0.39 is 41.5 Å². The number of carbonyl (C=O) groups is 4. The molecule has 1 aliphatic heterocycles. The molecule has 1 saturated heterocycles. The molecule has 3 aromatic carbocycles. The van der Waals surface area contributed by atoms with E-state index in [1.807, 2.05) is 49.4 Å². The van der Waals surface area contributed by atoms with Gasteiger partial charge < -0.3 is 25.2 Å². The van der Waals surface area contributed by atoms with Gasteiger partial charge in [0.1, 0.15) is 29.5 Å². The van der Waals surface area contributed by atoms with Gasteiger partial charge in [-0.05, 0) is 61.2 Å². The Balaban J connectivity index is 1.59. The summed E-state index contributed by atoms with van der Waals surface area (Å²) in [4.78, 5) is 57.3. The summed E-state index contributed by atoms with van der Waals surface area (Å²) in [5, 5.41) is 7.52. The molecule has 4 rings (SSSR count). The lowest BCUT2D eigenvalue weighted by Gasteiger charge is -2.44. The number of benzene rings is 3. The topological polar surface area (TPSA) is 108 Å². The number of halogens is 1. The summed E-state index contributed by atoms with van der Waals surface area (Å²) in [5.74, 6) is -1.46. The minimum atomic E-state index is -1.06. The second-order valence-corrected chi connectivity index (χ2v) is 12.4. The summed E-state index contributed by atoms with van der Waals surface area (Å²) in [6.07, 6.45) is 0.624. The van der Waals surface area contributed by atoms with E-state index in [9.17, 15) is 23.6 Å². The number of ether oxygens (including phenoxy) is 1. The summed E-state index contributed by atoms with van der Waals surface area (Å²) in [6, 6.07) is 17.0. The molecular formula is C35H43FN4O5. The Labute approximate surface area is 264 Å². The Morgan fingerprint density at radius 1 is 0.956 bits per heavy atom. The van der Waals surface area contributed by atoms with Crippen LogP contribution in [-0.4, -0.2) is 77.5 Å². The third kappa shape index (κ3) is 8.59. The standard InChI is InChI=1S/C35H43FN4O5/c1-6-9-29-33(43)40(30(31(41)37-5)22-24-12-15-25-10-7-8-11-26(25)20-24)19-18-39(29)32(42)28(38-34(44)45-35(2,3)4)21-23-13-16-27(36)17-14-23/h7-8,10-17,20,28-30H,6,9,18-19,21-22H2,1-5H3,(H,37,41)(H,38,44)/t28-,29+,30+/m1/s1. The maximum absolute atomic E-state index is 14.1.